The van der Waals surface area contributed by atoms with Gasteiger partial charge >= 0.3 is 0 Å². The molecule has 3 fully saturated rings. The highest BCUT2D eigenvalue weighted by Crippen LogP contribution is 2.34. The van der Waals surface area contributed by atoms with Crippen molar-refractivity contribution in [1.29, 1.82) is 0 Å². The highest BCUT2D eigenvalue weighted by Gasteiger charge is 2.38. The Kier molecular flexibility index (Phi) is 3.92. The van der Waals surface area contributed by atoms with Crippen molar-refractivity contribution in [2.75, 3.05) is 26.7 Å². The van der Waals surface area contributed by atoms with E-state index in [0.717, 1.165) is 24.2 Å². The molecule has 2 bridgehead atoms. The van der Waals surface area contributed by atoms with Gasteiger partial charge in [-0.2, -0.15) is 0 Å². The number of fused-ring (bicyclic) bond motifs is 2. The Morgan fingerprint density at radius 3 is 2.50 bits per heavy atom. The maximum absolute atomic E-state index is 3.64. The van der Waals surface area contributed by atoms with Crippen molar-refractivity contribution in [2.24, 2.45) is 0 Å². The van der Waals surface area contributed by atoms with E-state index in [9.17, 15) is 0 Å². The number of nitrogens with zero attached hydrogens (tertiary/aromatic N) is 2. The lowest BCUT2D eigenvalue weighted by atomic mass is 9.81. The quantitative estimate of drug-likeness (QED) is 0.806. The number of hydrogen-bond donors (Lipinski definition) is 1. The van der Waals surface area contributed by atoms with E-state index in [1.54, 1.807) is 0 Å². The summed E-state index contributed by atoms with van der Waals surface area (Å²) < 4.78 is 0. The predicted molar refractivity (Wildman–Crippen MR) is 75.9 cm³/mol. The van der Waals surface area contributed by atoms with E-state index in [1.807, 2.05) is 0 Å². The molecule has 0 aromatic heterocycles. The molecule has 3 heterocycles. The first-order valence-corrected chi connectivity index (χ1v) is 7.97. The zero-order valence-electron chi connectivity index (χ0n) is 12.1. The van der Waals surface area contributed by atoms with E-state index in [1.165, 1.54) is 58.2 Å². The predicted octanol–water partition coefficient (Wildman–Crippen LogP) is 1.69. The number of piperidine rings is 2. The summed E-state index contributed by atoms with van der Waals surface area (Å²) in [4.78, 5) is 5.47. The van der Waals surface area contributed by atoms with Crippen molar-refractivity contribution in [3.63, 3.8) is 0 Å². The molecule has 0 aliphatic carbocycles. The minimum atomic E-state index is 0.734. The van der Waals surface area contributed by atoms with Crippen molar-refractivity contribution in [3.8, 4) is 0 Å². The van der Waals surface area contributed by atoms with E-state index in [4.69, 9.17) is 0 Å². The summed E-state index contributed by atoms with van der Waals surface area (Å²) in [6.45, 7) is 6.05. The Labute approximate surface area is 112 Å². The van der Waals surface area contributed by atoms with Crippen molar-refractivity contribution in [3.05, 3.63) is 0 Å². The van der Waals surface area contributed by atoms with Crippen LogP contribution in [0.25, 0.3) is 0 Å². The standard InChI is InChI=1S/C15H29N3/c1-3-12-11-18(8-7-16-12)15-9-13-5-4-6-14(10-15)17(13)2/h12-16H,3-11H2,1-2H3. The molecule has 0 aromatic carbocycles. The normalized spacial score (nSPS) is 43.0. The Balaban J connectivity index is 1.63. The lowest BCUT2D eigenvalue weighted by molar-refractivity contribution is 0.000366. The van der Waals surface area contributed by atoms with E-state index in [0.29, 0.717) is 0 Å². The summed E-state index contributed by atoms with van der Waals surface area (Å²) in [5.41, 5.74) is 0. The zero-order chi connectivity index (χ0) is 12.5. The van der Waals surface area contributed by atoms with Crippen LogP contribution in [0.2, 0.25) is 0 Å². The summed E-state index contributed by atoms with van der Waals surface area (Å²) in [5.74, 6) is 0. The van der Waals surface area contributed by atoms with Crippen LogP contribution in [0.3, 0.4) is 0 Å². The van der Waals surface area contributed by atoms with Gasteiger partial charge in [0.15, 0.2) is 0 Å². The highest BCUT2D eigenvalue weighted by molar-refractivity contribution is 4.96. The van der Waals surface area contributed by atoms with Gasteiger partial charge in [-0.3, -0.25) is 4.90 Å². The van der Waals surface area contributed by atoms with Gasteiger partial charge < -0.3 is 10.2 Å². The van der Waals surface area contributed by atoms with E-state index < -0.39 is 0 Å². The largest absolute Gasteiger partial charge is 0.311 e. The van der Waals surface area contributed by atoms with Gasteiger partial charge in [0.25, 0.3) is 0 Å². The van der Waals surface area contributed by atoms with Crippen LogP contribution in [0.4, 0.5) is 0 Å². The van der Waals surface area contributed by atoms with Gasteiger partial charge in [-0.05, 0) is 39.2 Å². The van der Waals surface area contributed by atoms with Gasteiger partial charge in [0, 0.05) is 43.8 Å². The maximum Gasteiger partial charge on any atom is 0.0193 e. The van der Waals surface area contributed by atoms with Crippen LogP contribution in [-0.4, -0.2) is 60.6 Å². The van der Waals surface area contributed by atoms with Crippen LogP contribution in [0.5, 0.6) is 0 Å². The molecule has 1 N–H and O–H groups in total. The molecule has 3 aliphatic rings. The lowest BCUT2D eigenvalue weighted by Gasteiger charge is -2.51. The van der Waals surface area contributed by atoms with Crippen molar-refractivity contribution in [1.82, 2.24) is 15.1 Å². The van der Waals surface area contributed by atoms with Crippen LogP contribution >= 0.6 is 0 Å². The maximum atomic E-state index is 3.64. The number of nitrogens with one attached hydrogen (secondary N) is 1. The topological polar surface area (TPSA) is 18.5 Å². The van der Waals surface area contributed by atoms with Crippen LogP contribution < -0.4 is 5.32 Å². The van der Waals surface area contributed by atoms with Crippen LogP contribution in [-0.2, 0) is 0 Å². The fraction of sp³-hybridized carbons (Fsp3) is 1.00. The first-order valence-electron chi connectivity index (χ1n) is 7.97. The van der Waals surface area contributed by atoms with Crippen molar-refractivity contribution < 1.29 is 0 Å². The molecule has 18 heavy (non-hydrogen) atoms. The summed E-state index contributed by atoms with van der Waals surface area (Å²) in [7, 11) is 2.36. The van der Waals surface area contributed by atoms with Gasteiger partial charge in [-0.1, -0.05) is 13.3 Å². The molecule has 3 atom stereocenters. The van der Waals surface area contributed by atoms with E-state index >= 15 is 0 Å². The summed E-state index contributed by atoms with van der Waals surface area (Å²) >= 11 is 0. The average molecular weight is 251 g/mol. The molecule has 0 aromatic rings. The number of hydrogen-bond acceptors (Lipinski definition) is 3. The Morgan fingerprint density at radius 1 is 1.11 bits per heavy atom. The van der Waals surface area contributed by atoms with Gasteiger partial charge in [0.1, 0.15) is 0 Å². The average Bonchev–Trinajstić information content (AvgIpc) is 2.38. The minimum Gasteiger partial charge on any atom is -0.311 e. The molecule has 0 radical (unpaired) electrons. The molecule has 3 aliphatic heterocycles. The van der Waals surface area contributed by atoms with Gasteiger partial charge in [0.2, 0.25) is 0 Å². The van der Waals surface area contributed by atoms with Crippen LogP contribution in [0.15, 0.2) is 0 Å². The monoisotopic (exact) mass is 251 g/mol. The summed E-state index contributed by atoms with van der Waals surface area (Å²) in [6.07, 6.45) is 8.45. The number of piperazine rings is 1. The highest BCUT2D eigenvalue weighted by atomic mass is 15.3. The van der Waals surface area contributed by atoms with Crippen LogP contribution in [0.1, 0.15) is 45.4 Å². The third kappa shape index (κ3) is 2.45. The second-order valence-corrected chi connectivity index (χ2v) is 6.58. The molecular formula is C15H29N3. The lowest BCUT2D eigenvalue weighted by Crippen LogP contribution is -2.60. The van der Waals surface area contributed by atoms with Crippen molar-refractivity contribution in [2.45, 2.75) is 69.6 Å². The second-order valence-electron chi connectivity index (χ2n) is 6.58. The third-order valence-corrected chi connectivity index (χ3v) is 5.61. The smallest absolute Gasteiger partial charge is 0.0193 e. The first-order chi connectivity index (χ1) is 8.78. The molecule has 0 saturated carbocycles. The fourth-order valence-corrected chi connectivity index (χ4v) is 4.34. The molecule has 0 spiro atoms. The first kappa shape index (κ1) is 12.9. The molecule has 3 heteroatoms. The second kappa shape index (κ2) is 5.48. The zero-order valence-corrected chi connectivity index (χ0v) is 12.1. The Morgan fingerprint density at radius 2 is 1.83 bits per heavy atom. The molecular weight excluding hydrogens is 222 g/mol. The van der Waals surface area contributed by atoms with E-state index in [-0.39, 0.29) is 0 Å². The Bertz CT molecular complexity index is 267. The summed E-state index contributed by atoms with van der Waals surface area (Å²) in [5, 5.41) is 3.64. The van der Waals surface area contributed by atoms with Gasteiger partial charge in [-0.25, -0.2) is 0 Å². The number of rotatable bonds is 2. The molecule has 3 nitrogen and oxygen atoms in total. The molecule has 3 unspecified atom stereocenters. The third-order valence-electron chi connectivity index (χ3n) is 5.61. The Hall–Kier alpha value is -0.120. The van der Waals surface area contributed by atoms with Gasteiger partial charge in [0.05, 0.1) is 0 Å². The molecule has 3 rings (SSSR count). The fourth-order valence-electron chi connectivity index (χ4n) is 4.34. The van der Waals surface area contributed by atoms with E-state index in [2.05, 4.69) is 29.1 Å². The molecule has 3 saturated heterocycles. The molecule has 0 amide bonds. The minimum absolute atomic E-state index is 0.734. The van der Waals surface area contributed by atoms with Gasteiger partial charge in [-0.15, -0.1) is 0 Å². The van der Waals surface area contributed by atoms with Crippen LogP contribution in [0, 0.1) is 0 Å². The molecule has 104 valence electrons. The summed E-state index contributed by atoms with van der Waals surface area (Å²) in [6, 6.07) is 3.35. The SMILES string of the molecule is CCC1CN(C2CC3CCCC(C2)N3C)CCN1. The van der Waals surface area contributed by atoms with Crippen molar-refractivity contribution >= 4 is 0 Å².